The van der Waals surface area contributed by atoms with E-state index in [-0.39, 0.29) is 31.7 Å². The molecular weight excluding hydrogens is 925 g/mol. The van der Waals surface area contributed by atoms with Crippen molar-refractivity contribution in [1.82, 2.24) is 31.2 Å². The number of primary amides is 1. The lowest BCUT2D eigenvalue weighted by molar-refractivity contribution is -0.147. The second-order valence-corrected chi connectivity index (χ2v) is 20.7. The summed E-state index contributed by atoms with van der Waals surface area (Å²) in [4.78, 5) is 106. The third-order valence-corrected chi connectivity index (χ3v) is 13.1. The summed E-state index contributed by atoms with van der Waals surface area (Å²) < 4.78 is 11.1. The molecule has 1 aliphatic heterocycles. The van der Waals surface area contributed by atoms with Crippen LogP contribution < -0.4 is 32.7 Å². The van der Waals surface area contributed by atoms with Gasteiger partial charge in [-0.05, 0) is 101 Å². The average Bonchev–Trinajstić information content (AvgIpc) is 3.72. The predicted octanol–water partition coefficient (Wildman–Crippen LogP) is 5.73. The predicted molar refractivity (Wildman–Crippen MR) is 274 cm³/mol. The summed E-state index contributed by atoms with van der Waals surface area (Å²) in [6.45, 7) is 9.72. The lowest BCUT2D eigenvalue weighted by atomic mass is 9.94. The lowest BCUT2D eigenvalue weighted by Gasteiger charge is -2.38. The van der Waals surface area contributed by atoms with Crippen molar-refractivity contribution in [1.29, 1.82) is 0 Å². The largest absolute Gasteiger partial charge is 0.444 e. The SMILES string of the molecule is CC(C)(C)OC(=O)N[C@@H](CCCCN)C(=O)C1CN(C(C(N)=O)C(=O)[C@H](Cc2c[nH]c3ccccc23)NC(=O)OC(C)(C)C)C(=O)C(c2ccccc2)SCC(NCc2cccc3ccccc23)C(=O)N1. The molecule has 0 spiro atoms. The number of H-pyrrole nitrogens is 1. The number of hydrogen-bond donors (Lipinski definition) is 7. The number of nitrogens with zero attached hydrogens (tertiary/aromatic N) is 1. The van der Waals surface area contributed by atoms with E-state index in [1.54, 1.807) is 78.1 Å². The molecule has 5 amide bonds. The highest BCUT2D eigenvalue weighted by Gasteiger charge is 2.46. The number of nitrogens with one attached hydrogen (secondary N) is 5. The molecule has 17 nitrogen and oxygen atoms in total. The number of fused-ring (bicyclic) bond motifs is 2. The van der Waals surface area contributed by atoms with E-state index in [9.17, 15) is 19.2 Å². The van der Waals surface area contributed by atoms with E-state index in [2.05, 4.69) is 26.3 Å². The number of aromatic nitrogens is 1. The van der Waals surface area contributed by atoms with Gasteiger partial charge in [0.15, 0.2) is 17.6 Å². The number of Topliss-reactive ketones (excluding diaryl/α,β-unsaturated/α-hetero) is 2. The van der Waals surface area contributed by atoms with Crippen LogP contribution in [0.2, 0.25) is 0 Å². The molecule has 1 aromatic heterocycles. The Bertz CT molecular complexity index is 2690. The summed E-state index contributed by atoms with van der Waals surface area (Å²) in [7, 11) is 0. The van der Waals surface area contributed by atoms with Crippen molar-refractivity contribution in [2.45, 2.75) is 120 Å². The van der Waals surface area contributed by atoms with E-state index in [1.165, 1.54) is 0 Å². The molecule has 378 valence electrons. The smallest absolute Gasteiger partial charge is 0.408 e. The molecule has 0 aliphatic carbocycles. The molecule has 1 fully saturated rings. The van der Waals surface area contributed by atoms with Gasteiger partial charge < -0.3 is 52.1 Å². The van der Waals surface area contributed by atoms with Crippen LogP contribution in [0.15, 0.2) is 103 Å². The molecule has 4 aromatic carbocycles. The van der Waals surface area contributed by atoms with Gasteiger partial charge in [0.05, 0.1) is 18.1 Å². The Labute approximate surface area is 418 Å². The number of unbranched alkanes of at least 4 members (excludes halogenated alkanes) is 1. The normalized spacial score (nSPS) is 18.2. The molecule has 1 aliphatic rings. The fourth-order valence-electron chi connectivity index (χ4n) is 8.49. The van der Waals surface area contributed by atoms with Gasteiger partial charge >= 0.3 is 12.2 Å². The van der Waals surface area contributed by atoms with Crippen LogP contribution >= 0.6 is 11.8 Å². The van der Waals surface area contributed by atoms with Gasteiger partial charge in [0, 0.05) is 42.4 Å². The Hall–Kier alpha value is -6.76. The molecule has 6 atom stereocenters. The van der Waals surface area contributed by atoms with Crippen molar-refractivity contribution in [3.05, 3.63) is 120 Å². The number of rotatable bonds is 18. The van der Waals surface area contributed by atoms with Crippen molar-refractivity contribution in [2.75, 3.05) is 18.8 Å². The van der Waals surface area contributed by atoms with Gasteiger partial charge in [-0.2, -0.15) is 0 Å². The van der Waals surface area contributed by atoms with Crippen molar-refractivity contribution >= 4 is 74.9 Å². The molecule has 1 saturated heterocycles. The molecule has 9 N–H and O–H groups in total. The van der Waals surface area contributed by atoms with E-state index in [1.807, 2.05) is 66.7 Å². The minimum Gasteiger partial charge on any atom is -0.444 e. The summed E-state index contributed by atoms with van der Waals surface area (Å²) in [5.41, 5.74) is 12.8. The molecule has 71 heavy (non-hydrogen) atoms. The van der Waals surface area contributed by atoms with Crippen molar-refractivity contribution in [3.63, 3.8) is 0 Å². The molecule has 2 heterocycles. The highest BCUT2D eigenvalue weighted by atomic mass is 32.2. The number of ether oxygens (including phenoxy) is 2. The molecule has 6 rings (SSSR count). The summed E-state index contributed by atoms with van der Waals surface area (Å²) in [5.74, 6) is -4.40. The highest BCUT2D eigenvalue weighted by molar-refractivity contribution is 8.00. The maximum atomic E-state index is 15.6. The second kappa shape index (κ2) is 23.9. The molecule has 4 unspecified atom stereocenters. The Morgan fingerprint density at radius 1 is 0.775 bits per heavy atom. The van der Waals surface area contributed by atoms with Crippen LogP contribution in [-0.4, -0.2) is 112 Å². The fraction of sp³-hybridized carbons (Fsp3) is 0.415. The zero-order chi connectivity index (χ0) is 51.5. The van der Waals surface area contributed by atoms with Gasteiger partial charge in [-0.25, -0.2) is 9.59 Å². The number of carbonyl (C=O) groups is 7. The standard InChI is InChI=1S/C53H66N8O9S/c1-52(2,3)69-50(67)59-39(25-14-15-26-54)44(62)41-30-61(43(47(55)64)45(63)40(60-51(68)70-53(4,5)6)27-35-29-56-38-24-13-12-23-37(35)38)49(66)46(33-18-8-7-9-19-33)71-31-42(48(65)58-41)57-28-34-21-16-20-32-17-10-11-22-36(32)34/h7-13,16-24,29,39-43,46,56-57H,14-15,25-28,30-31,54H2,1-6H3,(H2,55,64)(H,58,65)(H,59,67)(H,60,68)/t39-,40-,41?,42?,43?,46?/m0/s1. The van der Waals surface area contributed by atoms with Crippen LogP contribution in [0.5, 0.6) is 0 Å². The van der Waals surface area contributed by atoms with Crippen molar-refractivity contribution in [2.24, 2.45) is 11.5 Å². The van der Waals surface area contributed by atoms with Crippen LogP contribution in [0, 0.1) is 0 Å². The zero-order valence-corrected chi connectivity index (χ0v) is 41.9. The molecule has 18 heteroatoms. The van der Waals surface area contributed by atoms with E-state index in [4.69, 9.17) is 20.9 Å². The van der Waals surface area contributed by atoms with E-state index >= 15 is 14.4 Å². The van der Waals surface area contributed by atoms with E-state index in [0.29, 0.717) is 24.0 Å². The van der Waals surface area contributed by atoms with Crippen molar-refractivity contribution < 1.29 is 43.0 Å². The molecule has 5 aromatic rings. The van der Waals surface area contributed by atoms with E-state index < -0.39 is 94.7 Å². The summed E-state index contributed by atoms with van der Waals surface area (Å²) in [6.07, 6.45) is 0.550. The van der Waals surface area contributed by atoms with Gasteiger partial charge in [-0.3, -0.25) is 24.0 Å². The molecule has 0 bridgehead atoms. The Morgan fingerprint density at radius 2 is 1.39 bits per heavy atom. The quantitative estimate of drug-likeness (QED) is 0.0410. The van der Waals surface area contributed by atoms with E-state index in [0.717, 1.165) is 43.9 Å². The van der Waals surface area contributed by atoms with Crippen LogP contribution in [-0.2, 0) is 46.4 Å². The third kappa shape index (κ3) is 14.6. The minimum atomic E-state index is -2.11. The topological polar surface area (TPSA) is 257 Å². The first-order valence-corrected chi connectivity index (χ1v) is 24.9. The summed E-state index contributed by atoms with van der Waals surface area (Å²) >= 11 is 1.11. The number of carbonyl (C=O) groups excluding carboxylic acids is 7. The summed E-state index contributed by atoms with van der Waals surface area (Å²) in [5, 5.41) is 13.1. The number of ketones is 2. The fourth-order valence-corrected chi connectivity index (χ4v) is 9.77. The number of aromatic amines is 1. The second-order valence-electron chi connectivity index (χ2n) is 19.6. The number of alkyl carbamates (subject to hydrolysis) is 2. The van der Waals surface area contributed by atoms with Crippen LogP contribution in [0.4, 0.5) is 9.59 Å². The van der Waals surface area contributed by atoms with Crippen LogP contribution in [0.1, 0.15) is 82.7 Å². The zero-order valence-electron chi connectivity index (χ0n) is 41.1. The number of benzene rings is 4. The van der Waals surface area contributed by atoms with Crippen LogP contribution in [0.3, 0.4) is 0 Å². The number of hydrogen-bond acceptors (Lipinski definition) is 12. The molecule has 0 radical (unpaired) electrons. The maximum absolute atomic E-state index is 15.6. The van der Waals surface area contributed by atoms with Gasteiger partial charge in [0.2, 0.25) is 17.7 Å². The Kier molecular flexibility index (Phi) is 18.0. The van der Waals surface area contributed by atoms with Crippen molar-refractivity contribution in [3.8, 4) is 0 Å². The number of thioether (sulfide) groups is 1. The molecule has 0 saturated carbocycles. The Balaban J connectivity index is 1.46. The lowest BCUT2D eigenvalue weighted by Crippen LogP contribution is -2.65. The first-order valence-electron chi connectivity index (χ1n) is 23.8. The van der Waals surface area contributed by atoms with Gasteiger partial charge in [-0.1, -0.05) is 91.0 Å². The maximum Gasteiger partial charge on any atom is 0.408 e. The minimum absolute atomic E-state index is 0.0225. The molecular formula is C53H66N8O9S. The first kappa shape index (κ1) is 53.6. The van der Waals surface area contributed by atoms with Crippen LogP contribution in [0.25, 0.3) is 21.7 Å². The number of amides is 5. The highest BCUT2D eigenvalue weighted by Crippen LogP contribution is 2.34. The third-order valence-electron chi connectivity index (χ3n) is 11.8. The Morgan fingerprint density at radius 3 is 2.06 bits per heavy atom. The van der Waals surface area contributed by atoms with Gasteiger partial charge in [-0.15, -0.1) is 11.8 Å². The average molecular weight is 991 g/mol. The first-order chi connectivity index (χ1) is 33.7. The van der Waals surface area contributed by atoms with Gasteiger partial charge in [0.25, 0.3) is 0 Å². The number of para-hydroxylation sites is 1. The number of nitrogens with two attached hydrogens (primary N) is 2. The summed E-state index contributed by atoms with van der Waals surface area (Å²) in [6, 6.07) is 22.1. The monoisotopic (exact) mass is 990 g/mol. The van der Waals surface area contributed by atoms with Gasteiger partial charge in [0.1, 0.15) is 22.5 Å².